The van der Waals surface area contributed by atoms with Crippen LogP contribution in [-0.4, -0.2) is 32.8 Å². The van der Waals surface area contributed by atoms with Gasteiger partial charge >= 0.3 is 0 Å². The third-order valence-electron chi connectivity index (χ3n) is 3.90. The number of halogens is 1. The monoisotopic (exact) mass is 461 g/mol. The second kappa shape index (κ2) is 9.30. The minimum absolute atomic E-state index is 0. The number of nitrogens with one attached hydrogen (secondary N) is 2. The summed E-state index contributed by atoms with van der Waals surface area (Å²) in [6.45, 7) is 4.38. The minimum atomic E-state index is 0. The Balaban J connectivity index is 0.00000208. The lowest BCUT2D eigenvalue weighted by atomic mass is 10.2. The van der Waals surface area contributed by atoms with Crippen molar-refractivity contribution in [3.8, 4) is 0 Å². The molecule has 1 aliphatic heterocycles. The zero-order chi connectivity index (χ0) is 16.1. The molecule has 0 saturated carbocycles. The van der Waals surface area contributed by atoms with Crippen LogP contribution in [0.5, 0.6) is 0 Å². The number of aromatic nitrogens is 4. The number of guanidine groups is 1. The van der Waals surface area contributed by atoms with Crippen molar-refractivity contribution in [1.29, 1.82) is 0 Å². The van der Waals surface area contributed by atoms with Gasteiger partial charge < -0.3 is 15.2 Å². The summed E-state index contributed by atoms with van der Waals surface area (Å²) < 4.78 is 2.25. The molecule has 0 bridgehead atoms. The normalized spacial score (nSPS) is 14.5. The fourth-order valence-corrected chi connectivity index (χ4v) is 3.43. The van der Waals surface area contributed by atoms with Gasteiger partial charge in [-0.05, 0) is 19.8 Å². The molecule has 132 valence electrons. The van der Waals surface area contributed by atoms with Crippen LogP contribution in [0.15, 0.2) is 11.2 Å². The van der Waals surface area contributed by atoms with Crippen molar-refractivity contribution in [3.63, 3.8) is 0 Å². The Bertz CT molecular complexity index is 679. The number of nitrogens with zero attached hydrogens (tertiary/aromatic N) is 5. The minimum Gasteiger partial charge on any atom is -0.350 e. The first-order valence-electron chi connectivity index (χ1n) is 8.03. The first kappa shape index (κ1) is 19.1. The molecule has 0 atom stereocenters. The van der Waals surface area contributed by atoms with Gasteiger partial charge in [-0.15, -0.1) is 45.5 Å². The second-order valence-corrected chi connectivity index (χ2v) is 6.96. The number of hydrogen-bond donors (Lipinski definition) is 2. The number of aliphatic imine (C=N–C) groups is 1. The van der Waals surface area contributed by atoms with E-state index in [9.17, 15) is 0 Å². The van der Waals surface area contributed by atoms with Crippen molar-refractivity contribution in [3.05, 3.63) is 27.7 Å². The van der Waals surface area contributed by atoms with Gasteiger partial charge in [-0.1, -0.05) is 6.42 Å². The fraction of sp³-hybridized carbons (Fsp3) is 0.600. The molecule has 0 aromatic carbocycles. The Hall–Kier alpha value is -1.23. The Morgan fingerprint density at radius 3 is 2.83 bits per heavy atom. The van der Waals surface area contributed by atoms with E-state index in [0.717, 1.165) is 35.6 Å². The molecule has 1 aliphatic rings. The van der Waals surface area contributed by atoms with Gasteiger partial charge in [0, 0.05) is 31.1 Å². The van der Waals surface area contributed by atoms with Crippen LogP contribution in [0.1, 0.15) is 40.8 Å². The fourth-order valence-electron chi connectivity index (χ4n) is 2.70. The Labute approximate surface area is 163 Å². The van der Waals surface area contributed by atoms with E-state index in [1.54, 1.807) is 18.4 Å². The summed E-state index contributed by atoms with van der Waals surface area (Å²) in [5, 5.41) is 16.3. The van der Waals surface area contributed by atoms with Gasteiger partial charge in [0.05, 0.1) is 13.1 Å². The molecule has 2 aromatic heterocycles. The van der Waals surface area contributed by atoms with Crippen molar-refractivity contribution >= 4 is 41.3 Å². The van der Waals surface area contributed by atoms with E-state index in [2.05, 4.69) is 42.3 Å². The molecular weight excluding hydrogens is 437 g/mol. The van der Waals surface area contributed by atoms with Crippen molar-refractivity contribution < 1.29 is 0 Å². The van der Waals surface area contributed by atoms with E-state index in [1.165, 1.54) is 24.1 Å². The standard InChI is InChI=1S/C15H23N7S.HI/c1-11-8-17-14(23-11)10-19-15(16-2)18-9-13-21-20-12-6-4-3-5-7-22(12)13;/h8H,3-7,9-10H2,1-2H3,(H2,16,18,19);1H. The van der Waals surface area contributed by atoms with Crippen molar-refractivity contribution in [1.82, 2.24) is 30.4 Å². The van der Waals surface area contributed by atoms with Crippen molar-refractivity contribution in [2.45, 2.75) is 52.2 Å². The molecule has 0 radical (unpaired) electrons. The van der Waals surface area contributed by atoms with Crippen LogP contribution in [0.2, 0.25) is 0 Å². The van der Waals surface area contributed by atoms with Crippen molar-refractivity contribution in [2.24, 2.45) is 4.99 Å². The van der Waals surface area contributed by atoms with Crippen molar-refractivity contribution in [2.75, 3.05) is 7.05 Å². The Kier molecular flexibility index (Phi) is 7.40. The smallest absolute Gasteiger partial charge is 0.191 e. The van der Waals surface area contributed by atoms with Gasteiger partial charge in [-0.2, -0.15) is 0 Å². The lowest BCUT2D eigenvalue weighted by molar-refractivity contribution is 0.596. The summed E-state index contributed by atoms with van der Waals surface area (Å²) in [5.41, 5.74) is 0. The highest BCUT2D eigenvalue weighted by molar-refractivity contribution is 14.0. The number of fused-ring (bicyclic) bond motifs is 1. The van der Waals surface area contributed by atoms with Gasteiger partial charge in [0.1, 0.15) is 10.8 Å². The molecule has 0 aliphatic carbocycles. The van der Waals surface area contributed by atoms with Crippen LogP contribution in [0.4, 0.5) is 0 Å². The summed E-state index contributed by atoms with van der Waals surface area (Å²) >= 11 is 1.69. The molecule has 2 N–H and O–H groups in total. The summed E-state index contributed by atoms with van der Waals surface area (Å²) in [5.74, 6) is 2.85. The molecule has 0 spiro atoms. The molecule has 9 heteroatoms. The van der Waals surface area contributed by atoms with Crippen LogP contribution in [0.3, 0.4) is 0 Å². The molecule has 3 heterocycles. The number of rotatable bonds is 4. The Morgan fingerprint density at radius 1 is 1.25 bits per heavy atom. The average Bonchev–Trinajstić information content (AvgIpc) is 3.06. The lowest BCUT2D eigenvalue weighted by Gasteiger charge is -2.11. The van der Waals surface area contributed by atoms with E-state index in [1.807, 2.05) is 6.20 Å². The predicted molar refractivity (Wildman–Crippen MR) is 107 cm³/mol. The second-order valence-electron chi connectivity index (χ2n) is 5.64. The van der Waals surface area contributed by atoms with Gasteiger partial charge in [0.2, 0.25) is 0 Å². The number of thiazole rings is 1. The molecular formula is C15H24IN7S. The maximum absolute atomic E-state index is 4.35. The molecule has 0 unspecified atom stereocenters. The molecule has 0 saturated heterocycles. The summed E-state index contributed by atoms with van der Waals surface area (Å²) in [6.07, 6.45) is 6.61. The van der Waals surface area contributed by atoms with Crippen LogP contribution in [0.25, 0.3) is 0 Å². The van der Waals surface area contributed by atoms with E-state index in [-0.39, 0.29) is 24.0 Å². The molecule has 24 heavy (non-hydrogen) atoms. The SMILES string of the molecule is CN=C(NCc1ncc(C)s1)NCc1nnc2n1CCCCC2.I. The quantitative estimate of drug-likeness (QED) is 0.415. The maximum Gasteiger partial charge on any atom is 0.191 e. The number of aryl methyl sites for hydroxylation is 2. The Morgan fingerprint density at radius 2 is 2.08 bits per heavy atom. The maximum atomic E-state index is 4.35. The average molecular weight is 461 g/mol. The zero-order valence-corrected chi connectivity index (χ0v) is 17.2. The van der Waals surface area contributed by atoms with Crippen LogP contribution in [0, 0.1) is 6.92 Å². The van der Waals surface area contributed by atoms with Gasteiger partial charge in [0.25, 0.3) is 0 Å². The third kappa shape index (κ3) is 4.88. The summed E-state index contributed by atoms with van der Waals surface area (Å²) in [7, 11) is 1.77. The predicted octanol–water partition coefficient (Wildman–Crippen LogP) is 2.25. The largest absolute Gasteiger partial charge is 0.350 e. The highest BCUT2D eigenvalue weighted by Crippen LogP contribution is 2.14. The number of hydrogen-bond acceptors (Lipinski definition) is 5. The van der Waals surface area contributed by atoms with Crippen LogP contribution >= 0.6 is 35.3 Å². The third-order valence-corrected chi connectivity index (χ3v) is 4.81. The van der Waals surface area contributed by atoms with E-state index in [0.29, 0.717) is 13.1 Å². The zero-order valence-electron chi connectivity index (χ0n) is 14.1. The first-order chi connectivity index (χ1) is 11.3. The van der Waals surface area contributed by atoms with Gasteiger partial charge in [-0.3, -0.25) is 4.99 Å². The summed E-state index contributed by atoms with van der Waals surface area (Å²) in [6, 6.07) is 0. The highest BCUT2D eigenvalue weighted by atomic mass is 127. The van der Waals surface area contributed by atoms with Gasteiger partial charge in [0.15, 0.2) is 11.8 Å². The van der Waals surface area contributed by atoms with Crippen LogP contribution < -0.4 is 10.6 Å². The van der Waals surface area contributed by atoms with Gasteiger partial charge in [-0.25, -0.2) is 4.98 Å². The van der Waals surface area contributed by atoms with E-state index < -0.39 is 0 Å². The molecule has 0 fully saturated rings. The highest BCUT2D eigenvalue weighted by Gasteiger charge is 2.14. The molecule has 2 aromatic rings. The molecule has 0 amide bonds. The lowest BCUT2D eigenvalue weighted by Crippen LogP contribution is -2.37. The van der Waals surface area contributed by atoms with E-state index in [4.69, 9.17) is 0 Å². The van der Waals surface area contributed by atoms with Crippen LogP contribution in [-0.2, 0) is 26.1 Å². The summed E-state index contributed by atoms with van der Waals surface area (Å²) in [4.78, 5) is 9.82. The molecule has 3 rings (SSSR count). The van der Waals surface area contributed by atoms with E-state index >= 15 is 0 Å². The first-order valence-corrected chi connectivity index (χ1v) is 8.84. The topological polar surface area (TPSA) is 80.0 Å². The molecule has 7 nitrogen and oxygen atoms in total.